The van der Waals surface area contributed by atoms with Gasteiger partial charge in [0.25, 0.3) is 5.56 Å². The van der Waals surface area contributed by atoms with Crippen molar-refractivity contribution in [3.8, 4) is 0 Å². The number of H-pyrrole nitrogens is 1. The maximum Gasteiger partial charge on any atom is 0.330 e. The summed E-state index contributed by atoms with van der Waals surface area (Å²) in [6.45, 7) is 2.72. The Morgan fingerprint density at radius 1 is 0.911 bits per heavy atom. The van der Waals surface area contributed by atoms with Crippen molar-refractivity contribution < 1.29 is 34.1 Å². The number of aliphatic hydroxyl groups excluding tert-OH is 2. The fraction of sp³-hybridized carbons (Fsp3) is 0.806. The summed E-state index contributed by atoms with van der Waals surface area (Å²) in [5.41, 5.74) is 9.92. The van der Waals surface area contributed by atoms with Gasteiger partial charge in [0.05, 0.1) is 0 Å². The number of unbranched alkanes of at least 4 members (excludes halogenated alkanes) is 12. The molecule has 1 aromatic rings. The SMILES string of the molecule is CCCCCCCCCCCCCCCC(=O)O[C@@H]1[C@H](C(N)=O)[C@H]([C@H]2O[C@@H](n3ccc(=O)[nH]c3=O)[C@H](O)[C@@H]2O)ON1CCCN. The van der Waals surface area contributed by atoms with Gasteiger partial charge in [0.1, 0.15) is 30.3 Å². The number of hydroxylamine groups is 2. The lowest BCUT2D eigenvalue weighted by molar-refractivity contribution is -0.232. The second-order valence-corrected chi connectivity index (χ2v) is 12.1. The zero-order chi connectivity index (χ0) is 32.8. The third-order valence-corrected chi connectivity index (χ3v) is 8.57. The van der Waals surface area contributed by atoms with Gasteiger partial charge in [-0.05, 0) is 19.4 Å². The van der Waals surface area contributed by atoms with E-state index in [1.165, 1.54) is 62.9 Å². The quantitative estimate of drug-likeness (QED) is 0.0962. The zero-order valence-corrected chi connectivity index (χ0v) is 26.5. The number of primary amides is 1. The molecule has 1 aromatic heterocycles. The summed E-state index contributed by atoms with van der Waals surface area (Å²) in [7, 11) is 0. The molecule has 7 N–H and O–H groups in total. The molecule has 0 saturated carbocycles. The number of ether oxygens (including phenoxy) is 2. The Balaban J connectivity index is 1.52. The van der Waals surface area contributed by atoms with E-state index in [1.807, 2.05) is 0 Å². The highest BCUT2D eigenvalue weighted by molar-refractivity contribution is 5.79. The minimum Gasteiger partial charge on any atom is -0.443 e. The van der Waals surface area contributed by atoms with Gasteiger partial charge in [0.2, 0.25) is 5.91 Å². The van der Waals surface area contributed by atoms with Gasteiger partial charge < -0.3 is 31.2 Å². The fourth-order valence-corrected chi connectivity index (χ4v) is 6.04. The first-order chi connectivity index (χ1) is 21.7. The number of rotatable bonds is 21. The van der Waals surface area contributed by atoms with Crippen molar-refractivity contribution in [2.45, 2.75) is 140 Å². The Hall–Kier alpha value is -2.62. The lowest BCUT2D eigenvalue weighted by Gasteiger charge is -2.25. The number of carbonyl (C=O) groups excluding carboxylic acids is 2. The summed E-state index contributed by atoms with van der Waals surface area (Å²) >= 11 is 0. The number of aliphatic hydroxyl groups is 2. The highest BCUT2D eigenvalue weighted by Crippen LogP contribution is 2.39. The van der Waals surface area contributed by atoms with Gasteiger partial charge in [-0.15, -0.1) is 5.06 Å². The van der Waals surface area contributed by atoms with Crippen LogP contribution in [0.3, 0.4) is 0 Å². The highest BCUT2D eigenvalue weighted by Gasteiger charge is 2.58. The Kier molecular flexibility index (Phi) is 15.7. The molecule has 2 aliphatic heterocycles. The normalized spacial score (nSPS) is 26.8. The molecular formula is C31H53N5O9. The van der Waals surface area contributed by atoms with Gasteiger partial charge in [0, 0.05) is 25.2 Å². The Labute approximate surface area is 264 Å². The van der Waals surface area contributed by atoms with Crippen LogP contribution >= 0.6 is 0 Å². The van der Waals surface area contributed by atoms with E-state index < -0.39 is 65.9 Å². The van der Waals surface area contributed by atoms with E-state index in [9.17, 15) is 29.4 Å². The minimum absolute atomic E-state index is 0.160. The van der Waals surface area contributed by atoms with Crippen molar-refractivity contribution in [1.82, 2.24) is 14.6 Å². The second-order valence-electron chi connectivity index (χ2n) is 12.1. The molecule has 3 heterocycles. The smallest absolute Gasteiger partial charge is 0.330 e. The molecule has 256 valence electrons. The average molecular weight is 640 g/mol. The first kappa shape index (κ1) is 36.8. The van der Waals surface area contributed by atoms with E-state index in [-0.39, 0.29) is 13.0 Å². The lowest BCUT2D eigenvalue weighted by atomic mass is 9.92. The van der Waals surface area contributed by atoms with Crippen LogP contribution in [0.5, 0.6) is 0 Å². The largest absolute Gasteiger partial charge is 0.443 e. The number of amides is 1. The van der Waals surface area contributed by atoms with Crippen molar-refractivity contribution in [2.75, 3.05) is 13.1 Å². The molecule has 3 rings (SSSR count). The lowest BCUT2D eigenvalue weighted by Crippen LogP contribution is -2.48. The van der Waals surface area contributed by atoms with Crippen LogP contribution in [0.15, 0.2) is 21.9 Å². The predicted octanol–water partition coefficient (Wildman–Crippen LogP) is 1.57. The topological polar surface area (TPSA) is 212 Å². The van der Waals surface area contributed by atoms with Crippen LogP contribution in [0.1, 0.15) is 109 Å². The number of hydrogen-bond acceptors (Lipinski definition) is 11. The molecule has 14 heteroatoms. The van der Waals surface area contributed by atoms with E-state index in [0.717, 1.165) is 36.1 Å². The Bertz CT molecular complexity index is 1160. The molecule has 14 nitrogen and oxygen atoms in total. The summed E-state index contributed by atoms with van der Waals surface area (Å²) in [5.74, 6) is -2.62. The van der Waals surface area contributed by atoms with Crippen molar-refractivity contribution in [3.63, 3.8) is 0 Å². The average Bonchev–Trinajstić information content (AvgIpc) is 3.50. The highest BCUT2D eigenvalue weighted by atomic mass is 16.7. The van der Waals surface area contributed by atoms with Crippen molar-refractivity contribution >= 4 is 11.9 Å². The minimum atomic E-state index is -1.61. The molecule has 0 aromatic carbocycles. The molecule has 0 unspecified atom stereocenters. The summed E-state index contributed by atoms with van der Waals surface area (Å²) in [6.07, 6.45) is 8.66. The number of aromatic amines is 1. The Morgan fingerprint density at radius 2 is 1.51 bits per heavy atom. The standard InChI is InChI=1S/C31H53N5O9/c1-2-3-4-5-6-7-8-9-10-11-12-13-14-16-22(38)43-29-23(28(33)41)26(45-36(29)19-15-18-32)27-24(39)25(40)30(44-27)35-20-17-21(37)34-31(35)42/h17,20,23-27,29-30,39-40H,2-16,18-19,32H2,1H3,(H2,33,41)(H,34,37,42)/t23-,24-,25+,26+,27-,29+,30+/m0/s1. The first-order valence-electron chi connectivity index (χ1n) is 16.6. The zero-order valence-electron chi connectivity index (χ0n) is 26.5. The number of nitrogens with one attached hydrogen (secondary N) is 1. The molecular weight excluding hydrogens is 586 g/mol. The van der Waals surface area contributed by atoms with E-state index in [4.69, 9.17) is 25.8 Å². The van der Waals surface area contributed by atoms with Gasteiger partial charge in [-0.25, -0.2) is 4.79 Å². The maximum absolute atomic E-state index is 12.9. The molecule has 0 radical (unpaired) electrons. The van der Waals surface area contributed by atoms with Crippen LogP contribution in [0.2, 0.25) is 0 Å². The summed E-state index contributed by atoms with van der Waals surface area (Å²) < 4.78 is 12.5. The van der Waals surface area contributed by atoms with Gasteiger partial charge in [-0.2, -0.15) is 0 Å². The number of esters is 1. The van der Waals surface area contributed by atoms with Crippen molar-refractivity contribution in [3.05, 3.63) is 33.1 Å². The molecule has 0 spiro atoms. The third kappa shape index (κ3) is 10.7. The summed E-state index contributed by atoms with van der Waals surface area (Å²) in [4.78, 5) is 57.4. The van der Waals surface area contributed by atoms with E-state index >= 15 is 0 Å². The maximum atomic E-state index is 12.9. The first-order valence-corrected chi connectivity index (χ1v) is 16.6. The molecule has 0 bridgehead atoms. The van der Waals surface area contributed by atoms with Crippen molar-refractivity contribution in [1.29, 1.82) is 0 Å². The molecule has 2 fully saturated rings. The van der Waals surface area contributed by atoms with Crippen LogP contribution in [0.4, 0.5) is 0 Å². The number of hydrogen-bond donors (Lipinski definition) is 5. The van der Waals surface area contributed by atoms with Crippen LogP contribution < -0.4 is 22.7 Å². The van der Waals surface area contributed by atoms with Crippen LogP contribution in [-0.4, -0.2) is 80.4 Å². The van der Waals surface area contributed by atoms with Gasteiger partial charge in [0.15, 0.2) is 12.5 Å². The fourth-order valence-electron chi connectivity index (χ4n) is 6.04. The monoisotopic (exact) mass is 639 g/mol. The van der Waals surface area contributed by atoms with Crippen LogP contribution in [-0.2, 0) is 23.9 Å². The predicted molar refractivity (Wildman–Crippen MR) is 165 cm³/mol. The molecule has 1 amide bonds. The number of aromatic nitrogens is 2. The van der Waals surface area contributed by atoms with E-state index in [0.29, 0.717) is 19.4 Å². The van der Waals surface area contributed by atoms with Crippen LogP contribution in [0, 0.1) is 5.92 Å². The van der Waals surface area contributed by atoms with Gasteiger partial charge >= 0.3 is 11.7 Å². The molecule has 2 saturated heterocycles. The number of nitrogens with two attached hydrogens (primary N) is 2. The summed E-state index contributed by atoms with van der Waals surface area (Å²) in [5, 5.41) is 22.9. The molecule has 0 aliphatic carbocycles. The Morgan fingerprint density at radius 3 is 2.07 bits per heavy atom. The molecule has 7 atom stereocenters. The number of carbonyl (C=O) groups is 2. The van der Waals surface area contributed by atoms with E-state index in [1.54, 1.807) is 0 Å². The van der Waals surface area contributed by atoms with Crippen molar-refractivity contribution in [2.24, 2.45) is 17.4 Å². The van der Waals surface area contributed by atoms with Gasteiger partial charge in [-0.1, -0.05) is 84.0 Å². The number of nitrogens with zero attached hydrogens (tertiary/aromatic N) is 2. The third-order valence-electron chi connectivity index (χ3n) is 8.57. The van der Waals surface area contributed by atoms with Crippen LogP contribution in [0.25, 0.3) is 0 Å². The van der Waals surface area contributed by atoms with E-state index in [2.05, 4.69) is 11.9 Å². The molecule has 45 heavy (non-hydrogen) atoms. The summed E-state index contributed by atoms with van der Waals surface area (Å²) in [6, 6.07) is 1.07. The van der Waals surface area contributed by atoms with Gasteiger partial charge in [-0.3, -0.25) is 28.8 Å². The molecule has 2 aliphatic rings. The second kappa shape index (κ2) is 19.1.